The molecule has 2 nitrogen and oxygen atoms in total. The first-order valence-electron chi connectivity index (χ1n) is 12.3. The average molecular weight is 475 g/mol. The summed E-state index contributed by atoms with van der Waals surface area (Å²) in [7, 11) is 0. The molecule has 0 spiro atoms. The summed E-state index contributed by atoms with van der Waals surface area (Å²) in [6.07, 6.45) is 9.97. The SMILES string of the molecule is C=C(C(C)=C(F)c1ccc(C(=O)OCCCCCCCC)cc1Cl)C1=C(C)CCCC1(C)C. The molecular weight excluding hydrogens is 435 g/mol. The molecule has 1 aliphatic rings. The fourth-order valence-electron chi connectivity index (χ4n) is 4.76. The van der Waals surface area contributed by atoms with Gasteiger partial charge >= 0.3 is 5.97 Å². The second-order valence-electron chi connectivity index (χ2n) is 9.91. The lowest BCUT2D eigenvalue weighted by molar-refractivity contribution is 0.0497. The van der Waals surface area contributed by atoms with Gasteiger partial charge in [-0.15, -0.1) is 0 Å². The summed E-state index contributed by atoms with van der Waals surface area (Å²) < 4.78 is 20.8. The van der Waals surface area contributed by atoms with Crippen LogP contribution in [0, 0.1) is 5.41 Å². The monoisotopic (exact) mass is 474 g/mol. The van der Waals surface area contributed by atoms with E-state index in [1.165, 1.54) is 30.9 Å². The van der Waals surface area contributed by atoms with Crippen LogP contribution < -0.4 is 0 Å². The summed E-state index contributed by atoms with van der Waals surface area (Å²) in [6, 6.07) is 4.63. The van der Waals surface area contributed by atoms with Gasteiger partial charge in [0.1, 0.15) is 5.83 Å². The predicted octanol–water partition coefficient (Wildman–Crippen LogP) is 9.64. The highest BCUT2D eigenvalue weighted by atomic mass is 35.5. The Labute approximate surface area is 204 Å². The molecule has 0 atom stereocenters. The minimum atomic E-state index is -0.424. The fourth-order valence-corrected chi connectivity index (χ4v) is 5.03. The average Bonchev–Trinajstić information content (AvgIpc) is 2.76. The number of unbranched alkanes of at least 4 members (excludes halogenated alkanes) is 5. The van der Waals surface area contributed by atoms with Crippen LogP contribution in [0.25, 0.3) is 5.83 Å². The van der Waals surface area contributed by atoms with Crippen LogP contribution in [-0.2, 0) is 4.74 Å². The van der Waals surface area contributed by atoms with Gasteiger partial charge in [-0.2, -0.15) is 0 Å². The molecule has 0 aromatic heterocycles. The van der Waals surface area contributed by atoms with Gasteiger partial charge in [-0.05, 0) is 79.9 Å². The zero-order valence-electron chi connectivity index (χ0n) is 21.1. The van der Waals surface area contributed by atoms with E-state index in [1.54, 1.807) is 19.1 Å². The van der Waals surface area contributed by atoms with E-state index in [2.05, 4.69) is 34.3 Å². The van der Waals surface area contributed by atoms with Gasteiger partial charge in [-0.25, -0.2) is 9.18 Å². The third-order valence-corrected chi connectivity index (χ3v) is 7.03. The van der Waals surface area contributed by atoms with Gasteiger partial charge in [-0.1, -0.05) is 76.6 Å². The number of carbonyl (C=O) groups excluding carboxylic acids is 1. The van der Waals surface area contributed by atoms with Crippen LogP contribution in [0.3, 0.4) is 0 Å². The molecule has 0 saturated carbocycles. The second-order valence-corrected chi connectivity index (χ2v) is 10.3. The molecule has 0 amide bonds. The third kappa shape index (κ3) is 7.30. The summed E-state index contributed by atoms with van der Waals surface area (Å²) >= 11 is 6.40. The molecule has 0 N–H and O–H groups in total. The second kappa shape index (κ2) is 12.6. The number of carbonyl (C=O) groups is 1. The van der Waals surface area contributed by atoms with Crippen LogP contribution in [0.1, 0.15) is 108 Å². The molecular formula is C29H40ClFO2. The van der Waals surface area contributed by atoms with Gasteiger partial charge in [0.25, 0.3) is 0 Å². The van der Waals surface area contributed by atoms with Gasteiger partial charge < -0.3 is 4.74 Å². The van der Waals surface area contributed by atoms with Crippen molar-refractivity contribution in [3.8, 4) is 0 Å². The zero-order valence-corrected chi connectivity index (χ0v) is 21.8. The Morgan fingerprint density at radius 2 is 1.85 bits per heavy atom. The predicted molar refractivity (Wildman–Crippen MR) is 138 cm³/mol. The highest BCUT2D eigenvalue weighted by Crippen LogP contribution is 2.46. The summed E-state index contributed by atoms with van der Waals surface area (Å²) in [5.41, 5.74) is 4.22. The van der Waals surface area contributed by atoms with Crippen molar-refractivity contribution in [2.75, 3.05) is 6.61 Å². The number of esters is 1. The molecule has 0 radical (unpaired) electrons. The number of allylic oxidation sites excluding steroid dienone is 4. The fraction of sp³-hybridized carbons (Fsp3) is 0.552. The van der Waals surface area contributed by atoms with Crippen molar-refractivity contribution < 1.29 is 13.9 Å². The van der Waals surface area contributed by atoms with E-state index in [-0.39, 0.29) is 16.0 Å². The Hall–Kier alpha value is -1.87. The van der Waals surface area contributed by atoms with Crippen LogP contribution in [0.4, 0.5) is 4.39 Å². The van der Waals surface area contributed by atoms with Crippen LogP contribution >= 0.6 is 11.6 Å². The zero-order chi connectivity index (χ0) is 24.6. The van der Waals surface area contributed by atoms with Crippen LogP contribution in [0.5, 0.6) is 0 Å². The molecule has 1 aliphatic carbocycles. The Morgan fingerprint density at radius 1 is 1.18 bits per heavy atom. The van der Waals surface area contributed by atoms with Crippen LogP contribution in [0.2, 0.25) is 5.02 Å². The molecule has 0 bridgehead atoms. The third-order valence-electron chi connectivity index (χ3n) is 6.71. The maximum Gasteiger partial charge on any atom is 0.338 e. The van der Waals surface area contributed by atoms with Crippen LogP contribution in [0.15, 0.2) is 47.1 Å². The number of hydrogen-bond acceptors (Lipinski definition) is 2. The molecule has 4 heteroatoms. The lowest BCUT2D eigenvalue weighted by atomic mass is 9.69. The molecule has 1 aromatic carbocycles. The number of benzene rings is 1. The lowest BCUT2D eigenvalue weighted by Gasteiger charge is -2.36. The number of halogens is 2. The van der Waals surface area contributed by atoms with Gasteiger partial charge in [0.15, 0.2) is 0 Å². The molecule has 2 rings (SSSR count). The molecule has 0 unspecified atom stereocenters. The summed E-state index contributed by atoms with van der Waals surface area (Å²) in [6.45, 7) is 15.1. The van der Waals surface area contributed by atoms with E-state index in [0.29, 0.717) is 17.7 Å². The van der Waals surface area contributed by atoms with E-state index in [4.69, 9.17) is 16.3 Å². The minimum Gasteiger partial charge on any atom is -0.462 e. The highest BCUT2D eigenvalue weighted by Gasteiger charge is 2.31. The quantitative estimate of drug-likeness (QED) is 0.181. The van der Waals surface area contributed by atoms with Crippen molar-refractivity contribution in [3.05, 3.63) is 63.2 Å². The molecule has 0 heterocycles. The maximum absolute atomic E-state index is 15.5. The number of rotatable bonds is 11. The molecule has 33 heavy (non-hydrogen) atoms. The summed E-state index contributed by atoms with van der Waals surface area (Å²) in [4.78, 5) is 12.4. The van der Waals surface area contributed by atoms with Crippen molar-refractivity contribution in [1.82, 2.24) is 0 Å². The van der Waals surface area contributed by atoms with Gasteiger partial charge in [-0.3, -0.25) is 0 Å². The van der Waals surface area contributed by atoms with Crippen molar-refractivity contribution in [2.24, 2.45) is 5.41 Å². The molecule has 182 valence electrons. The first kappa shape index (κ1) is 27.4. The van der Waals surface area contributed by atoms with Crippen molar-refractivity contribution in [1.29, 1.82) is 0 Å². The van der Waals surface area contributed by atoms with E-state index in [9.17, 15) is 4.79 Å². The topological polar surface area (TPSA) is 26.3 Å². The van der Waals surface area contributed by atoms with Gasteiger partial charge in [0.05, 0.1) is 17.2 Å². The first-order chi connectivity index (χ1) is 15.6. The van der Waals surface area contributed by atoms with E-state index in [0.717, 1.165) is 49.7 Å². The van der Waals surface area contributed by atoms with Crippen molar-refractivity contribution in [2.45, 2.75) is 92.4 Å². The Kier molecular flexibility index (Phi) is 10.4. The van der Waals surface area contributed by atoms with E-state index >= 15 is 4.39 Å². The minimum absolute atomic E-state index is 0.0334. The lowest BCUT2D eigenvalue weighted by Crippen LogP contribution is -2.22. The Balaban J connectivity index is 2.09. The van der Waals surface area contributed by atoms with Gasteiger partial charge in [0.2, 0.25) is 0 Å². The smallest absolute Gasteiger partial charge is 0.338 e. The standard InChI is InChI=1S/C29H40ClFO2/c1-7-8-9-10-11-12-18-33-28(32)23-15-16-24(25(30)19-23)27(31)22(4)21(3)26-20(2)14-13-17-29(26,5)6/h15-16,19H,3,7-14,17-18H2,1-2,4-6H3. The van der Waals surface area contributed by atoms with Crippen LogP contribution in [-0.4, -0.2) is 12.6 Å². The maximum atomic E-state index is 15.5. The largest absolute Gasteiger partial charge is 0.462 e. The van der Waals surface area contributed by atoms with Crippen molar-refractivity contribution in [3.63, 3.8) is 0 Å². The summed E-state index contributed by atoms with van der Waals surface area (Å²) in [5.74, 6) is -0.828. The Morgan fingerprint density at radius 3 is 2.48 bits per heavy atom. The number of ether oxygens (including phenoxy) is 1. The number of hydrogen-bond donors (Lipinski definition) is 0. The van der Waals surface area contributed by atoms with E-state index < -0.39 is 11.8 Å². The summed E-state index contributed by atoms with van der Waals surface area (Å²) in [5, 5.41) is 0.197. The molecule has 0 saturated heterocycles. The first-order valence-corrected chi connectivity index (χ1v) is 12.7. The van der Waals surface area contributed by atoms with E-state index in [1.807, 2.05) is 0 Å². The molecule has 1 aromatic rings. The van der Waals surface area contributed by atoms with Crippen molar-refractivity contribution >= 4 is 23.4 Å². The molecule has 0 fully saturated rings. The Bertz CT molecular complexity index is 924. The highest BCUT2D eigenvalue weighted by molar-refractivity contribution is 6.32. The normalized spacial score (nSPS) is 16.5. The van der Waals surface area contributed by atoms with Gasteiger partial charge in [0, 0.05) is 5.56 Å². The molecule has 0 aliphatic heterocycles.